The van der Waals surface area contributed by atoms with Gasteiger partial charge in [0.2, 0.25) is 0 Å². The third-order valence-electron chi connectivity index (χ3n) is 2.69. The lowest BCUT2D eigenvalue weighted by atomic mass is 9.98. The first kappa shape index (κ1) is 11.5. The van der Waals surface area contributed by atoms with Crippen molar-refractivity contribution in [3.05, 3.63) is 48.0 Å². The number of fused-ring (bicyclic) bond motifs is 1. The third-order valence-corrected chi connectivity index (χ3v) is 3.07. The maximum atomic E-state index is 9.99. The summed E-state index contributed by atoms with van der Waals surface area (Å²) in [4.78, 5) is 0. The Balaban J connectivity index is 2.52. The molecule has 2 aromatic rings. The van der Waals surface area contributed by atoms with Gasteiger partial charge in [0.1, 0.15) is 6.10 Å². The fourth-order valence-electron chi connectivity index (χ4n) is 1.82. The van der Waals surface area contributed by atoms with Crippen LogP contribution in [-0.4, -0.2) is 22.1 Å². The molecule has 0 fully saturated rings. The van der Waals surface area contributed by atoms with Gasteiger partial charge in [0.05, 0.1) is 6.10 Å². The van der Waals surface area contributed by atoms with Gasteiger partial charge in [-0.2, -0.15) is 12.6 Å². The highest BCUT2D eigenvalue weighted by molar-refractivity contribution is 7.80. The summed E-state index contributed by atoms with van der Waals surface area (Å²) in [5, 5.41) is 21.6. The number of benzene rings is 2. The fraction of sp³-hybridized carbons (Fsp3) is 0.231. The second-order valence-corrected chi connectivity index (χ2v) is 4.13. The van der Waals surface area contributed by atoms with Gasteiger partial charge in [0.15, 0.2) is 0 Å². The minimum absolute atomic E-state index is 0.240. The molecule has 84 valence electrons. The van der Waals surface area contributed by atoms with E-state index in [0.29, 0.717) is 0 Å². The highest BCUT2D eigenvalue weighted by atomic mass is 32.1. The normalized spacial score (nSPS) is 14.9. The average molecular weight is 234 g/mol. The third kappa shape index (κ3) is 2.07. The van der Waals surface area contributed by atoms with E-state index in [9.17, 15) is 10.2 Å². The number of hydrogen-bond acceptors (Lipinski definition) is 3. The van der Waals surface area contributed by atoms with Crippen molar-refractivity contribution in [1.29, 1.82) is 0 Å². The molecule has 2 aromatic carbocycles. The maximum Gasteiger partial charge on any atom is 0.106 e. The molecule has 0 saturated heterocycles. The molecule has 0 aliphatic rings. The first-order valence-corrected chi connectivity index (χ1v) is 5.82. The summed E-state index contributed by atoms with van der Waals surface area (Å²) in [7, 11) is 0. The van der Waals surface area contributed by atoms with E-state index in [2.05, 4.69) is 12.6 Å². The Labute approximate surface area is 100.0 Å². The van der Waals surface area contributed by atoms with Crippen molar-refractivity contribution in [3.63, 3.8) is 0 Å². The second kappa shape index (κ2) is 4.87. The Morgan fingerprint density at radius 3 is 2.44 bits per heavy atom. The molecule has 0 aliphatic heterocycles. The van der Waals surface area contributed by atoms with E-state index in [1.807, 2.05) is 42.5 Å². The SMILES string of the molecule is OC(CS)C(O)c1cccc2ccccc12. The predicted octanol–water partition coefficient (Wildman–Crippen LogP) is 2.16. The van der Waals surface area contributed by atoms with Crippen LogP contribution in [0, 0.1) is 0 Å². The lowest BCUT2D eigenvalue weighted by Gasteiger charge is -2.18. The van der Waals surface area contributed by atoms with Gasteiger partial charge in [0, 0.05) is 5.75 Å². The molecule has 0 aliphatic carbocycles. The van der Waals surface area contributed by atoms with Crippen LogP contribution >= 0.6 is 12.6 Å². The van der Waals surface area contributed by atoms with E-state index < -0.39 is 12.2 Å². The molecule has 16 heavy (non-hydrogen) atoms. The fourth-order valence-corrected chi connectivity index (χ4v) is 2.02. The van der Waals surface area contributed by atoms with Gasteiger partial charge in [0.25, 0.3) is 0 Å². The molecule has 2 nitrogen and oxygen atoms in total. The molecule has 2 N–H and O–H groups in total. The molecule has 0 bridgehead atoms. The summed E-state index contributed by atoms with van der Waals surface area (Å²) in [5.74, 6) is 0.240. The molecule has 3 heteroatoms. The summed E-state index contributed by atoms with van der Waals surface area (Å²) in [6.45, 7) is 0. The smallest absolute Gasteiger partial charge is 0.106 e. The van der Waals surface area contributed by atoms with Crippen molar-refractivity contribution in [2.75, 3.05) is 5.75 Å². The van der Waals surface area contributed by atoms with Gasteiger partial charge in [-0.3, -0.25) is 0 Å². The average Bonchev–Trinajstić information content (AvgIpc) is 2.36. The predicted molar refractivity (Wildman–Crippen MR) is 68.8 cm³/mol. The summed E-state index contributed by atoms with van der Waals surface area (Å²) in [6, 6.07) is 13.5. The van der Waals surface area contributed by atoms with E-state index >= 15 is 0 Å². The van der Waals surface area contributed by atoms with E-state index in [1.54, 1.807) is 0 Å². The Kier molecular flexibility index (Phi) is 3.49. The quantitative estimate of drug-likeness (QED) is 0.712. The van der Waals surface area contributed by atoms with E-state index in [0.717, 1.165) is 16.3 Å². The highest BCUT2D eigenvalue weighted by Gasteiger charge is 2.18. The van der Waals surface area contributed by atoms with Crippen LogP contribution in [0.1, 0.15) is 11.7 Å². The van der Waals surface area contributed by atoms with Gasteiger partial charge in [-0.15, -0.1) is 0 Å². The Morgan fingerprint density at radius 2 is 1.69 bits per heavy atom. The molecule has 2 rings (SSSR count). The molecule has 2 unspecified atom stereocenters. The summed E-state index contributed by atoms with van der Waals surface area (Å²) in [6.07, 6.45) is -1.72. The first-order chi connectivity index (χ1) is 7.74. The van der Waals surface area contributed by atoms with Gasteiger partial charge in [-0.25, -0.2) is 0 Å². The second-order valence-electron chi connectivity index (χ2n) is 3.76. The van der Waals surface area contributed by atoms with Crippen LogP contribution in [0.5, 0.6) is 0 Å². The van der Waals surface area contributed by atoms with Crippen LogP contribution in [0.25, 0.3) is 10.8 Å². The summed E-state index contributed by atoms with van der Waals surface area (Å²) >= 11 is 3.99. The van der Waals surface area contributed by atoms with Gasteiger partial charge >= 0.3 is 0 Å². The molecule has 0 amide bonds. The molecule has 0 heterocycles. The highest BCUT2D eigenvalue weighted by Crippen LogP contribution is 2.26. The zero-order valence-electron chi connectivity index (χ0n) is 8.74. The largest absolute Gasteiger partial charge is 0.389 e. The number of thiol groups is 1. The number of rotatable bonds is 3. The van der Waals surface area contributed by atoms with E-state index in [-0.39, 0.29) is 5.75 Å². The molecular formula is C13H14O2S. The standard InChI is InChI=1S/C13H14O2S/c14-12(8-16)13(15)11-7-3-5-9-4-1-2-6-10(9)11/h1-7,12-16H,8H2. The minimum atomic E-state index is -0.886. The molecule has 0 aromatic heterocycles. The molecule has 0 radical (unpaired) electrons. The summed E-state index contributed by atoms with van der Waals surface area (Å²) in [5.41, 5.74) is 0.750. The minimum Gasteiger partial charge on any atom is -0.389 e. The van der Waals surface area contributed by atoms with E-state index in [1.165, 1.54) is 0 Å². The number of aliphatic hydroxyl groups is 2. The Bertz CT molecular complexity index is 479. The molecule has 0 spiro atoms. The molecule has 2 atom stereocenters. The number of hydrogen-bond donors (Lipinski definition) is 3. The van der Waals surface area contributed by atoms with Gasteiger partial charge in [-0.05, 0) is 16.3 Å². The van der Waals surface area contributed by atoms with Crippen LogP contribution in [0.3, 0.4) is 0 Å². The van der Waals surface area contributed by atoms with Crippen molar-refractivity contribution in [2.24, 2.45) is 0 Å². The zero-order chi connectivity index (χ0) is 11.5. The van der Waals surface area contributed by atoms with Crippen LogP contribution in [-0.2, 0) is 0 Å². The van der Waals surface area contributed by atoms with Gasteiger partial charge < -0.3 is 10.2 Å². The molecular weight excluding hydrogens is 220 g/mol. The Morgan fingerprint density at radius 1 is 1.00 bits per heavy atom. The lowest BCUT2D eigenvalue weighted by molar-refractivity contribution is 0.0347. The van der Waals surface area contributed by atoms with Crippen molar-refractivity contribution >= 4 is 23.4 Å². The first-order valence-electron chi connectivity index (χ1n) is 5.18. The van der Waals surface area contributed by atoms with Crippen molar-refractivity contribution in [2.45, 2.75) is 12.2 Å². The van der Waals surface area contributed by atoms with Crippen LogP contribution in [0.15, 0.2) is 42.5 Å². The lowest BCUT2D eigenvalue weighted by Crippen LogP contribution is -2.19. The van der Waals surface area contributed by atoms with Crippen LogP contribution in [0.4, 0.5) is 0 Å². The topological polar surface area (TPSA) is 40.5 Å². The van der Waals surface area contributed by atoms with Crippen molar-refractivity contribution in [3.8, 4) is 0 Å². The zero-order valence-corrected chi connectivity index (χ0v) is 9.64. The van der Waals surface area contributed by atoms with Crippen molar-refractivity contribution in [1.82, 2.24) is 0 Å². The number of aliphatic hydroxyl groups excluding tert-OH is 2. The van der Waals surface area contributed by atoms with Crippen LogP contribution in [0.2, 0.25) is 0 Å². The monoisotopic (exact) mass is 234 g/mol. The summed E-state index contributed by atoms with van der Waals surface area (Å²) < 4.78 is 0. The van der Waals surface area contributed by atoms with Crippen molar-refractivity contribution < 1.29 is 10.2 Å². The molecule has 0 saturated carbocycles. The van der Waals surface area contributed by atoms with Gasteiger partial charge in [-0.1, -0.05) is 42.5 Å². The maximum absolute atomic E-state index is 9.99. The van der Waals surface area contributed by atoms with Crippen LogP contribution < -0.4 is 0 Å². The Hall–Kier alpha value is -1.03. The van der Waals surface area contributed by atoms with E-state index in [4.69, 9.17) is 0 Å².